The van der Waals surface area contributed by atoms with Crippen molar-refractivity contribution in [3.8, 4) is 0 Å². The monoisotopic (exact) mass is 305 g/mol. The SMILES string of the molecule is O=C1CC(CCl)CN1CCc1cccc(Cl)c1Cl. The molecule has 1 amide bonds. The molecule has 1 unspecified atom stereocenters. The van der Waals surface area contributed by atoms with Gasteiger partial charge in [0.25, 0.3) is 0 Å². The Hall–Kier alpha value is -0.440. The van der Waals surface area contributed by atoms with Gasteiger partial charge in [0.05, 0.1) is 10.0 Å². The summed E-state index contributed by atoms with van der Waals surface area (Å²) in [4.78, 5) is 13.6. The van der Waals surface area contributed by atoms with E-state index in [4.69, 9.17) is 34.8 Å². The zero-order valence-corrected chi connectivity index (χ0v) is 12.1. The van der Waals surface area contributed by atoms with Gasteiger partial charge in [-0.25, -0.2) is 0 Å². The van der Waals surface area contributed by atoms with Crippen LogP contribution in [0.5, 0.6) is 0 Å². The highest BCUT2D eigenvalue weighted by molar-refractivity contribution is 6.42. The third-order valence-corrected chi connectivity index (χ3v) is 4.49. The maximum atomic E-state index is 11.7. The molecule has 0 radical (unpaired) electrons. The first-order valence-electron chi connectivity index (χ1n) is 5.88. The lowest BCUT2D eigenvalue weighted by Gasteiger charge is -2.16. The van der Waals surface area contributed by atoms with Crippen LogP contribution in [0.4, 0.5) is 0 Å². The van der Waals surface area contributed by atoms with Gasteiger partial charge in [0.15, 0.2) is 0 Å². The maximum absolute atomic E-state index is 11.7. The number of carbonyl (C=O) groups is 1. The van der Waals surface area contributed by atoms with E-state index in [1.165, 1.54) is 0 Å². The van der Waals surface area contributed by atoms with Crippen LogP contribution in [0.2, 0.25) is 10.0 Å². The highest BCUT2D eigenvalue weighted by Crippen LogP contribution is 2.26. The Bertz CT molecular complexity index is 450. The number of carbonyl (C=O) groups excluding carboxylic acids is 1. The number of likely N-dealkylation sites (tertiary alicyclic amines) is 1. The Morgan fingerprint density at radius 3 is 2.78 bits per heavy atom. The van der Waals surface area contributed by atoms with E-state index in [-0.39, 0.29) is 11.8 Å². The molecule has 1 aliphatic rings. The zero-order chi connectivity index (χ0) is 13.1. The topological polar surface area (TPSA) is 20.3 Å². The van der Waals surface area contributed by atoms with Crippen molar-refractivity contribution in [2.45, 2.75) is 12.8 Å². The summed E-state index contributed by atoms with van der Waals surface area (Å²) in [5.74, 6) is 1.01. The maximum Gasteiger partial charge on any atom is 0.222 e. The standard InChI is InChI=1S/C13H14Cl3NO/c14-7-9-6-12(18)17(8-9)5-4-10-2-1-3-11(15)13(10)16/h1-3,9H,4-8H2. The van der Waals surface area contributed by atoms with Crippen molar-refractivity contribution < 1.29 is 4.79 Å². The number of benzene rings is 1. The molecule has 2 nitrogen and oxygen atoms in total. The molecular weight excluding hydrogens is 293 g/mol. The summed E-state index contributed by atoms with van der Waals surface area (Å²) in [7, 11) is 0. The van der Waals surface area contributed by atoms with Crippen molar-refractivity contribution in [3.63, 3.8) is 0 Å². The number of halogens is 3. The van der Waals surface area contributed by atoms with Gasteiger partial charge in [-0.1, -0.05) is 35.3 Å². The van der Waals surface area contributed by atoms with Crippen LogP contribution >= 0.6 is 34.8 Å². The summed E-state index contributed by atoms with van der Waals surface area (Å²) >= 11 is 17.9. The molecule has 1 aromatic carbocycles. The van der Waals surface area contributed by atoms with E-state index >= 15 is 0 Å². The quantitative estimate of drug-likeness (QED) is 0.778. The number of alkyl halides is 1. The molecule has 1 atom stereocenters. The van der Waals surface area contributed by atoms with Crippen molar-refractivity contribution >= 4 is 40.7 Å². The molecule has 2 rings (SSSR count). The summed E-state index contributed by atoms with van der Waals surface area (Å²) in [5, 5.41) is 1.14. The fourth-order valence-electron chi connectivity index (χ4n) is 2.17. The van der Waals surface area contributed by atoms with Crippen LogP contribution in [-0.2, 0) is 11.2 Å². The molecule has 0 saturated carbocycles. The van der Waals surface area contributed by atoms with Crippen LogP contribution in [0.1, 0.15) is 12.0 Å². The molecule has 0 N–H and O–H groups in total. The third-order valence-electron chi connectivity index (χ3n) is 3.20. The van der Waals surface area contributed by atoms with Crippen LogP contribution < -0.4 is 0 Å². The molecule has 0 aromatic heterocycles. The molecule has 0 aliphatic carbocycles. The normalized spacial score (nSPS) is 19.6. The molecule has 18 heavy (non-hydrogen) atoms. The lowest BCUT2D eigenvalue weighted by atomic mass is 10.1. The van der Waals surface area contributed by atoms with Crippen molar-refractivity contribution in [1.82, 2.24) is 4.90 Å². The third kappa shape index (κ3) is 3.11. The minimum Gasteiger partial charge on any atom is -0.342 e. The Morgan fingerprint density at radius 1 is 1.33 bits per heavy atom. The Labute approximate surface area is 122 Å². The summed E-state index contributed by atoms with van der Waals surface area (Å²) in [6.45, 7) is 1.42. The average Bonchev–Trinajstić information content (AvgIpc) is 2.72. The van der Waals surface area contributed by atoms with E-state index in [0.29, 0.717) is 28.9 Å². The zero-order valence-electron chi connectivity index (χ0n) is 9.83. The number of hydrogen-bond acceptors (Lipinski definition) is 1. The Kier molecular flexibility index (Phi) is 4.77. The van der Waals surface area contributed by atoms with Crippen LogP contribution in [0, 0.1) is 5.92 Å². The van der Waals surface area contributed by atoms with E-state index in [9.17, 15) is 4.79 Å². The van der Waals surface area contributed by atoms with Gasteiger partial charge in [-0.3, -0.25) is 4.79 Å². The largest absolute Gasteiger partial charge is 0.342 e. The molecule has 0 bridgehead atoms. The number of nitrogens with zero attached hydrogens (tertiary/aromatic N) is 1. The number of hydrogen-bond donors (Lipinski definition) is 0. The fourth-order valence-corrected chi connectivity index (χ4v) is 2.79. The second-order valence-corrected chi connectivity index (χ2v) is 5.62. The average molecular weight is 307 g/mol. The minimum atomic E-state index is 0.179. The van der Waals surface area contributed by atoms with E-state index in [1.54, 1.807) is 6.07 Å². The van der Waals surface area contributed by atoms with Gasteiger partial charge >= 0.3 is 0 Å². The first-order chi connectivity index (χ1) is 8.61. The van der Waals surface area contributed by atoms with Gasteiger partial charge in [-0.2, -0.15) is 0 Å². The second-order valence-electron chi connectivity index (χ2n) is 4.53. The van der Waals surface area contributed by atoms with Gasteiger partial charge in [0.2, 0.25) is 5.91 Å². The van der Waals surface area contributed by atoms with E-state index in [1.807, 2.05) is 17.0 Å². The smallest absolute Gasteiger partial charge is 0.222 e. The predicted molar refractivity (Wildman–Crippen MR) is 75.6 cm³/mol. The Morgan fingerprint density at radius 2 is 2.11 bits per heavy atom. The Balaban J connectivity index is 1.96. The first kappa shape index (κ1) is 14.0. The van der Waals surface area contributed by atoms with Crippen molar-refractivity contribution in [3.05, 3.63) is 33.8 Å². The van der Waals surface area contributed by atoms with Crippen LogP contribution in [0.25, 0.3) is 0 Å². The minimum absolute atomic E-state index is 0.179. The summed E-state index contributed by atoms with van der Waals surface area (Å²) in [6.07, 6.45) is 1.28. The van der Waals surface area contributed by atoms with Gasteiger partial charge in [0.1, 0.15) is 0 Å². The molecule has 1 fully saturated rings. The molecule has 1 aliphatic heterocycles. The highest BCUT2D eigenvalue weighted by atomic mass is 35.5. The molecular formula is C13H14Cl3NO. The molecule has 1 heterocycles. The fraction of sp³-hybridized carbons (Fsp3) is 0.462. The number of rotatable bonds is 4. The van der Waals surface area contributed by atoms with Crippen LogP contribution in [-0.4, -0.2) is 29.8 Å². The van der Waals surface area contributed by atoms with Crippen molar-refractivity contribution in [2.75, 3.05) is 19.0 Å². The van der Waals surface area contributed by atoms with Crippen LogP contribution in [0.15, 0.2) is 18.2 Å². The summed E-state index contributed by atoms with van der Waals surface area (Å²) < 4.78 is 0. The molecule has 0 spiro atoms. The second kappa shape index (κ2) is 6.14. The summed E-state index contributed by atoms with van der Waals surface area (Å²) in [6, 6.07) is 5.57. The lowest BCUT2D eigenvalue weighted by Crippen LogP contribution is -2.27. The lowest BCUT2D eigenvalue weighted by molar-refractivity contribution is -0.127. The van der Waals surface area contributed by atoms with Crippen LogP contribution in [0.3, 0.4) is 0 Å². The van der Waals surface area contributed by atoms with Crippen molar-refractivity contribution in [1.29, 1.82) is 0 Å². The molecule has 1 aromatic rings. The van der Waals surface area contributed by atoms with Crippen molar-refractivity contribution in [2.24, 2.45) is 5.92 Å². The molecule has 98 valence electrons. The van der Waals surface area contributed by atoms with E-state index < -0.39 is 0 Å². The first-order valence-corrected chi connectivity index (χ1v) is 7.17. The predicted octanol–water partition coefficient (Wildman–Crippen LogP) is 3.62. The highest BCUT2D eigenvalue weighted by Gasteiger charge is 2.28. The van der Waals surface area contributed by atoms with Gasteiger partial charge < -0.3 is 4.90 Å². The van der Waals surface area contributed by atoms with E-state index in [2.05, 4.69) is 0 Å². The van der Waals surface area contributed by atoms with Gasteiger partial charge in [0, 0.05) is 25.4 Å². The molecule has 5 heteroatoms. The molecule has 1 saturated heterocycles. The van der Waals surface area contributed by atoms with Gasteiger partial charge in [-0.05, 0) is 24.0 Å². The van der Waals surface area contributed by atoms with Gasteiger partial charge in [-0.15, -0.1) is 11.6 Å². The summed E-state index contributed by atoms with van der Waals surface area (Å²) in [5.41, 5.74) is 0.978. The van der Waals surface area contributed by atoms with E-state index in [0.717, 1.165) is 18.5 Å². The number of amides is 1.